The van der Waals surface area contributed by atoms with Gasteiger partial charge in [-0.3, -0.25) is 4.98 Å². The van der Waals surface area contributed by atoms with Crippen LogP contribution in [0.15, 0.2) is 18.5 Å². The second-order valence-corrected chi connectivity index (χ2v) is 4.83. The van der Waals surface area contributed by atoms with Crippen LogP contribution in [-0.4, -0.2) is 27.2 Å². The van der Waals surface area contributed by atoms with Crippen LogP contribution in [0, 0.1) is 12.7 Å². The van der Waals surface area contributed by atoms with Crippen molar-refractivity contribution < 1.29 is 22.3 Å². The summed E-state index contributed by atoms with van der Waals surface area (Å²) in [6.07, 6.45) is -4.34. The molecule has 0 unspecified atom stereocenters. The fourth-order valence-electron chi connectivity index (χ4n) is 1.61. The number of ether oxygens (including phenoxy) is 1. The molecule has 2 heterocycles. The van der Waals surface area contributed by atoms with Gasteiger partial charge in [0.05, 0.1) is 17.6 Å². The second-order valence-electron chi connectivity index (χ2n) is 4.44. The maximum atomic E-state index is 13.9. The van der Waals surface area contributed by atoms with Crippen molar-refractivity contribution in [1.82, 2.24) is 15.0 Å². The molecular weight excluding hydrogens is 326 g/mol. The molecule has 0 aliphatic rings. The quantitative estimate of drug-likeness (QED) is 0.796. The zero-order valence-corrected chi connectivity index (χ0v) is 12.2. The molecule has 1 atom stereocenters. The van der Waals surface area contributed by atoms with Gasteiger partial charge in [0.2, 0.25) is 0 Å². The van der Waals surface area contributed by atoms with E-state index in [2.05, 4.69) is 19.7 Å². The molecule has 2 aromatic rings. The molecule has 2 rings (SSSR count). The molecular formula is C13H10ClF4N3O. The topological polar surface area (TPSA) is 47.9 Å². The van der Waals surface area contributed by atoms with Gasteiger partial charge in [-0.15, -0.1) is 0 Å². The number of hydrogen-bond donors (Lipinski definition) is 0. The van der Waals surface area contributed by atoms with E-state index >= 15 is 0 Å². The highest BCUT2D eigenvalue weighted by Gasteiger charge is 2.38. The smallest absolute Gasteiger partial charge is 0.425 e. The van der Waals surface area contributed by atoms with Gasteiger partial charge in [0.15, 0.2) is 11.9 Å². The second kappa shape index (κ2) is 6.04. The number of aryl methyl sites for hydroxylation is 1. The average Bonchev–Trinajstić information content (AvgIpc) is 2.40. The van der Waals surface area contributed by atoms with Gasteiger partial charge >= 0.3 is 6.18 Å². The van der Waals surface area contributed by atoms with Gasteiger partial charge in [0, 0.05) is 11.8 Å². The van der Waals surface area contributed by atoms with Crippen molar-refractivity contribution in [3.05, 3.63) is 35.1 Å². The maximum absolute atomic E-state index is 13.9. The standard InChI is InChI=1S/C13H10ClF4N3O/c1-6-11(19-5-10(14)21-6)8-3-9(15)12(20-4-8)22-7(2)13(16,17)18/h3-5,7H,1-2H3/t7-/m1/s1. The summed E-state index contributed by atoms with van der Waals surface area (Å²) in [7, 11) is 0. The molecule has 0 aliphatic carbocycles. The largest absolute Gasteiger partial charge is 0.463 e. The lowest BCUT2D eigenvalue weighted by Gasteiger charge is -2.17. The van der Waals surface area contributed by atoms with Crippen LogP contribution < -0.4 is 4.74 Å². The normalized spacial score (nSPS) is 13.0. The molecule has 0 aliphatic heterocycles. The number of alkyl halides is 3. The zero-order valence-electron chi connectivity index (χ0n) is 11.4. The third-order valence-electron chi connectivity index (χ3n) is 2.75. The summed E-state index contributed by atoms with van der Waals surface area (Å²) in [5, 5.41) is 0.175. The first kappa shape index (κ1) is 16.4. The van der Waals surface area contributed by atoms with Crippen LogP contribution >= 0.6 is 11.6 Å². The fourth-order valence-corrected chi connectivity index (χ4v) is 1.79. The highest BCUT2D eigenvalue weighted by atomic mass is 35.5. The van der Waals surface area contributed by atoms with Crippen LogP contribution in [0.2, 0.25) is 5.15 Å². The Balaban J connectivity index is 2.30. The van der Waals surface area contributed by atoms with Crippen LogP contribution in [0.1, 0.15) is 12.6 Å². The summed E-state index contributed by atoms with van der Waals surface area (Å²) >= 11 is 5.67. The van der Waals surface area contributed by atoms with Gasteiger partial charge in [-0.25, -0.2) is 14.4 Å². The SMILES string of the molecule is Cc1nc(Cl)cnc1-c1cnc(O[C@H](C)C(F)(F)F)c(F)c1. The Bertz CT molecular complexity index is 693. The molecule has 0 spiro atoms. The van der Waals surface area contributed by atoms with Crippen molar-refractivity contribution in [2.45, 2.75) is 26.1 Å². The molecule has 2 aromatic heterocycles. The minimum absolute atomic E-state index is 0.175. The lowest BCUT2D eigenvalue weighted by molar-refractivity contribution is -0.190. The molecule has 118 valence electrons. The number of rotatable bonds is 3. The maximum Gasteiger partial charge on any atom is 0.425 e. The molecule has 0 N–H and O–H groups in total. The van der Waals surface area contributed by atoms with E-state index in [4.69, 9.17) is 11.6 Å². The average molecular weight is 336 g/mol. The van der Waals surface area contributed by atoms with E-state index in [1.165, 1.54) is 6.20 Å². The molecule has 0 fully saturated rings. The van der Waals surface area contributed by atoms with Crippen molar-refractivity contribution >= 4 is 11.6 Å². The predicted octanol–water partition coefficient (Wildman–Crippen LogP) is 3.97. The first-order valence-electron chi connectivity index (χ1n) is 6.07. The number of nitrogens with zero attached hydrogens (tertiary/aromatic N) is 3. The molecule has 4 nitrogen and oxygen atoms in total. The van der Waals surface area contributed by atoms with Crippen LogP contribution in [-0.2, 0) is 0 Å². The van der Waals surface area contributed by atoms with Gasteiger partial charge < -0.3 is 4.74 Å². The Morgan fingerprint density at radius 2 is 1.91 bits per heavy atom. The number of pyridine rings is 1. The highest BCUT2D eigenvalue weighted by Crippen LogP contribution is 2.28. The molecule has 0 bridgehead atoms. The summed E-state index contributed by atoms with van der Waals surface area (Å²) in [5.41, 5.74) is 1.02. The lowest BCUT2D eigenvalue weighted by Crippen LogP contribution is -2.31. The zero-order chi connectivity index (χ0) is 16.5. The number of hydrogen-bond acceptors (Lipinski definition) is 4. The first-order valence-corrected chi connectivity index (χ1v) is 6.44. The highest BCUT2D eigenvalue weighted by molar-refractivity contribution is 6.29. The van der Waals surface area contributed by atoms with Crippen molar-refractivity contribution in [3.63, 3.8) is 0 Å². The van der Waals surface area contributed by atoms with E-state index in [1.54, 1.807) is 6.92 Å². The molecule has 0 aromatic carbocycles. The summed E-state index contributed by atoms with van der Waals surface area (Å²) in [6, 6.07) is 0.982. The van der Waals surface area contributed by atoms with Crippen LogP contribution in [0.4, 0.5) is 17.6 Å². The van der Waals surface area contributed by atoms with Gasteiger partial charge in [-0.1, -0.05) is 11.6 Å². The monoisotopic (exact) mass is 335 g/mol. The summed E-state index contributed by atoms with van der Waals surface area (Å²) < 4.78 is 55.5. The van der Waals surface area contributed by atoms with Crippen LogP contribution in [0.3, 0.4) is 0 Å². The third-order valence-corrected chi connectivity index (χ3v) is 2.93. The van der Waals surface area contributed by atoms with Gasteiger partial charge in [0.25, 0.3) is 5.88 Å². The number of halogens is 5. The Kier molecular flexibility index (Phi) is 4.50. The van der Waals surface area contributed by atoms with Crippen molar-refractivity contribution in [3.8, 4) is 17.1 Å². The first-order chi connectivity index (χ1) is 10.2. The molecule has 22 heavy (non-hydrogen) atoms. The van der Waals surface area contributed by atoms with Crippen molar-refractivity contribution in [1.29, 1.82) is 0 Å². The molecule has 0 saturated carbocycles. The molecule has 9 heteroatoms. The molecule has 0 saturated heterocycles. The Morgan fingerprint density at radius 3 is 2.45 bits per heavy atom. The van der Waals surface area contributed by atoms with Crippen molar-refractivity contribution in [2.75, 3.05) is 0 Å². The Labute approximate surface area is 128 Å². The van der Waals surface area contributed by atoms with E-state index in [1.807, 2.05) is 0 Å². The minimum Gasteiger partial charge on any atom is -0.463 e. The predicted molar refractivity (Wildman–Crippen MR) is 71.1 cm³/mol. The molecule has 0 radical (unpaired) electrons. The Hall–Kier alpha value is -1.96. The van der Waals surface area contributed by atoms with Crippen LogP contribution in [0.25, 0.3) is 11.3 Å². The number of aromatic nitrogens is 3. The van der Waals surface area contributed by atoms with E-state index < -0.39 is 24.0 Å². The van der Waals surface area contributed by atoms with E-state index in [0.717, 1.165) is 19.2 Å². The van der Waals surface area contributed by atoms with Crippen molar-refractivity contribution in [2.24, 2.45) is 0 Å². The summed E-state index contributed by atoms with van der Waals surface area (Å²) in [6.45, 7) is 2.38. The minimum atomic E-state index is -4.61. The van der Waals surface area contributed by atoms with Crippen LogP contribution in [0.5, 0.6) is 5.88 Å². The van der Waals surface area contributed by atoms with Gasteiger partial charge in [-0.05, 0) is 19.9 Å². The van der Waals surface area contributed by atoms with Gasteiger partial charge in [0.1, 0.15) is 5.15 Å². The van der Waals surface area contributed by atoms with E-state index in [9.17, 15) is 17.6 Å². The summed E-state index contributed by atoms with van der Waals surface area (Å²) in [5.74, 6) is -1.75. The van der Waals surface area contributed by atoms with Gasteiger partial charge in [-0.2, -0.15) is 13.2 Å². The summed E-state index contributed by atoms with van der Waals surface area (Å²) in [4.78, 5) is 11.5. The fraction of sp³-hybridized carbons (Fsp3) is 0.308. The Morgan fingerprint density at radius 1 is 1.23 bits per heavy atom. The third kappa shape index (κ3) is 3.62. The molecule has 0 amide bonds. The van der Waals surface area contributed by atoms with E-state index in [0.29, 0.717) is 11.4 Å². The lowest BCUT2D eigenvalue weighted by atomic mass is 10.1. The van der Waals surface area contributed by atoms with E-state index in [-0.39, 0.29) is 10.7 Å².